The quantitative estimate of drug-likeness (QED) is 0.746. The van der Waals surface area contributed by atoms with Gasteiger partial charge in [0.25, 0.3) is 0 Å². The summed E-state index contributed by atoms with van der Waals surface area (Å²) in [7, 11) is 0. The lowest BCUT2D eigenvalue weighted by atomic mass is 10.4. The largest absolute Gasteiger partial charge is 0.473 e. The van der Waals surface area contributed by atoms with E-state index in [-0.39, 0.29) is 0 Å². The number of hydrogen-bond acceptors (Lipinski definition) is 5. The van der Waals surface area contributed by atoms with Crippen LogP contribution in [0.15, 0.2) is 51.9 Å². The Kier molecular flexibility index (Phi) is 11.7. The molecule has 4 heterocycles. The Morgan fingerprint density at radius 1 is 0.773 bits per heavy atom. The predicted octanol–water partition coefficient (Wildman–Crippen LogP) is 3.97. The second-order valence-corrected chi connectivity index (χ2v) is 4.57. The average Bonchev–Trinajstić information content (AvgIpc) is 3.44. The molecule has 0 unspecified atom stereocenters. The molecular weight excluding hydrogens is 284 g/mol. The van der Waals surface area contributed by atoms with Gasteiger partial charge in [-0.1, -0.05) is 0 Å². The third-order valence-corrected chi connectivity index (χ3v) is 2.74. The fourth-order valence-corrected chi connectivity index (χ4v) is 1.61. The van der Waals surface area contributed by atoms with Crippen LogP contribution in [0.5, 0.6) is 0 Å². The molecule has 0 radical (unpaired) electrons. The van der Waals surface area contributed by atoms with Crippen molar-refractivity contribution in [3.8, 4) is 0 Å². The SMILES string of the molecule is C1CCOC1.C1CCOC1.O=Cc1ccco1.c1ccoc1. The molecule has 5 nitrogen and oxygen atoms in total. The fourth-order valence-electron chi connectivity index (χ4n) is 1.61. The Balaban J connectivity index is 0.000000148. The van der Waals surface area contributed by atoms with E-state index in [1.165, 1.54) is 31.9 Å². The van der Waals surface area contributed by atoms with E-state index in [9.17, 15) is 4.79 Å². The number of furan rings is 2. The lowest BCUT2D eigenvalue weighted by Crippen LogP contribution is -1.74. The minimum Gasteiger partial charge on any atom is -0.473 e. The highest BCUT2D eigenvalue weighted by Gasteiger charge is 1.95. The fraction of sp³-hybridized carbons (Fsp3) is 0.471. The van der Waals surface area contributed by atoms with Crippen LogP contribution in [0.25, 0.3) is 0 Å². The van der Waals surface area contributed by atoms with Crippen LogP contribution in [0.4, 0.5) is 0 Å². The molecule has 5 heteroatoms. The number of carbonyl (C=O) groups is 1. The summed E-state index contributed by atoms with van der Waals surface area (Å²) < 4.78 is 19.1. The Hall–Kier alpha value is -1.85. The first-order valence-electron chi connectivity index (χ1n) is 7.55. The standard InChI is InChI=1S/C5H4O2.2C4H8O.C4H4O/c6-4-5-2-1-3-7-5;3*1-2-4-5-3-1/h1-4H;2*1-4H2;1-4H. The zero-order valence-electron chi connectivity index (χ0n) is 12.8. The molecule has 122 valence electrons. The van der Waals surface area contributed by atoms with Gasteiger partial charge in [0, 0.05) is 26.4 Å². The van der Waals surface area contributed by atoms with Crippen LogP contribution in [0.3, 0.4) is 0 Å². The van der Waals surface area contributed by atoms with Crippen molar-refractivity contribution >= 4 is 6.29 Å². The number of hydrogen-bond donors (Lipinski definition) is 0. The Morgan fingerprint density at radius 3 is 1.50 bits per heavy atom. The molecule has 0 saturated carbocycles. The number of aldehydes is 1. The van der Waals surface area contributed by atoms with Crippen molar-refractivity contribution in [2.24, 2.45) is 0 Å². The average molecular weight is 308 g/mol. The smallest absolute Gasteiger partial charge is 0.185 e. The van der Waals surface area contributed by atoms with Gasteiger partial charge in [0.2, 0.25) is 0 Å². The van der Waals surface area contributed by atoms with E-state index >= 15 is 0 Å². The molecule has 0 aliphatic carbocycles. The molecule has 2 saturated heterocycles. The van der Waals surface area contributed by atoms with Crippen molar-refractivity contribution in [3.63, 3.8) is 0 Å². The maximum Gasteiger partial charge on any atom is 0.185 e. The van der Waals surface area contributed by atoms with E-state index in [1.807, 2.05) is 12.1 Å². The van der Waals surface area contributed by atoms with Gasteiger partial charge in [0.05, 0.1) is 18.8 Å². The molecule has 22 heavy (non-hydrogen) atoms. The van der Waals surface area contributed by atoms with Crippen molar-refractivity contribution in [1.29, 1.82) is 0 Å². The summed E-state index contributed by atoms with van der Waals surface area (Å²) in [6.45, 7) is 4.00. The van der Waals surface area contributed by atoms with Gasteiger partial charge in [0.15, 0.2) is 12.0 Å². The van der Waals surface area contributed by atoms with E-state index in [0.717, 1.165) is 26.4 Å². The van der Waals surface area contributed by atoms with Gasteiger partial charge in [-0.2, -0.15) is 0 Å². The monoisotopic (exact) mass is 308 g/mol. The van der Waals surface area contributed by atoms with Crippen LogP contribution in [-0.2, 0) is 9.47 Å². The number of carbonyl (C=O) groups excluding carboxylic acids is 1. The molecule has 2 fully saturated rings. The Morgan fingerprint density at radius 2 is 1.32 bits per heavy atom. The lowest BCUT2D eigenvalue weighted by Gasteiger charge is -1.76. The summed E-state index contributed by atoms with van der Waals surface area (Å²) in [5, 5.41) is 0. The third kappa shape index (κ3) is 10.9. The van der Waals surface area contributed by atoms with Gasteiger partial charge in [-0.3, -0.25) is 4.79 Å². The van der Waals surface area contributed by atoms with Crippen molar-refractivity contribution < 1.29 is 23.1 Å². The summed E-state index contributed by atoms with van der Waals surface area (Å²) in [6, 6.07) is 6.94. The topological polar surface area (TPSA) is 61.8 Å². The molecule has 2 aromatic rings. The first-order chi connectivity index (χ1) is 10.9. The normalized spacial score (nSPS) is 15.5. The summed E-state index contributed by atoms with van der Waals surface area (Å²) in [5.41, 5.74) is 0. The summed E-state index contributed by atoms with van der Waals surface area (Å²) in [6.07, 6.45) is 10.5. The van der Waals surface area contributed by atoms with Gasteiger partial charge in [-0.25, -0.2) is 0 Å². The molecule has 0 spiro atoms. The predicted molar refractivity (Wildman–Crippen MR) is 82.9 cm³/mol. The Labute approximate surface area is 131 Å². The van der Waals surface area contributed by atoms with Crippen molar-refractivity contribution in [1.82, 2.24) is 0 Å². The molecule has 2 aliphatic heterocycles. The van der Waals surface area contributed by atoms with Crippen LogP contribution in [0, 0.1) is 0 Å². The number of ether oxygens (including phenoxy) is 2. The van der Waals surface area contributed by atoms with Crippen LogP contribution < -0.4 is 0 Å². The van der Waals surface area contributed by atoms with Crippen LogP contribution in [0.2, 0.25) is 0 Å². The molecule has 0 bridgehead atoms. The van der Waals surface area contributed by atoms with Gasteiger partial charge in [-0.15, -0.1) is 0 Å². The molecule has 2 aromatic heterocycles. The highest BCUT2D eigenvalue weighted by molar-refractivity contribution is 5.69. The summed E-state index contributed by atoms with van der Waals surface area (Å²) in [4.78, 5) is 9.77. The van der Waals surface area contributed by atoms with Crippen LogP contribution in [0.1, 0.15) is 36.2 Å². The van der Waals surface area contributed by atoms with Crippen LogP contribution in [-0.4, -0.2) is 32.7 Å². The Bertz CT molecular complexity index is 371. The lowest BCUT2D eigenvalue weighted by molar-refractivity contribution is 0.110. The zero-order valence-corrected chi connectivity index (χ0v) is 12.8. The molecule has 0 atom stereocenters. The minimum atomic E-state index is 0.375. The van der Waals surface area contributed by atoms with E-state index in [1.54, 1.807) is 24.7 Å². The first-order valence-corrected chi connectivity index (χ1v) is 7.55. The molecule has 0 amide bonds. The maximum absolute atomic E-state index is 9.77. The summed E-state index contributed by atoms with van der Waals surface area (Å²) in [5.74, 6) is 0.375. The second kappa shape index (κ2) is 14.1. The van der Waals surface area contributed by atoms with E-state index in [0.29, 0.717) is 12.0 Å². The van der Waals surface area contributed by atoms with Gasteiger partial charge < -0.3 is 18.3 Å². The third-order valence-electron chi connectivity index (χ3n) is 2.74. The highest BCUT2D eigenvalue weighted by Crippen LogP contribution is 1.98. The molecule has 0 N–H and O–H groups in total. The summed E-state index contributed by atoms with van der Waals surface area (Å²) >= 11 is 0. The minimum absolute atomic E-state index is 0.375. The highest BCUT2D eigenvalue weighted by atomic mass is 16.5. The van der Waals surface area contributed by atoms with Crippen molar-refractivity contribution in [2.75, 3.05) is 26.4 Å². The maximum atomic E-state index is 9.77. The molecular formula is C17H24O5. The molecule has 4 rings (SSSR count). The van der Waals surface area contributed by atoms with Crippen LogP contribution >= 0.6 is 0 Å². The van der Waals surface area contributed by atoms with Crippen molar-refractivity contribution in [2.45, 2.75) is 25.7 Å². The molecule has 0 aromatic carbocycles. The molecule has 2 aliphatic rings. The van der Waals surface area contributed by atoms with E-state index in [2.05, 4.69) is 8.83 Å². The van der Waals surface area contributed by atoms with E-state index in [4.69, 9.17) is 9.47 Å². The van der Waals surface area contributed by atoms with E-state index < -0.39 is 0 Å². The van der Waals surface area contributed by atoms with Gasteiger partial charge >= 0.3 is 0 Å². The van der Waals surface area contributed by atoms with Gasteiger partial charge in [0.1, 0.15) is 0 Å². The van der Waals surface area contributed by atoms with Gasteiger partial charge in [-0.05, 0) is 49.9 Å². The zero-order chi connectivity index (χ0) is 15.7. The second-order valence-electron chi connectivity index (χ2n) is 4.57. The number of rotatable bonds is 1. The van der Waals surface area contributed by atoms with Crippen molar-refractivity contribution in [3.05, 3.63) is 48.8 Å². The first kappa shape index (κ1) is 18.2.